The number of benzene rings is 2. The predicted octanol–water partition coefficient (Wildman–Crippen LogP) is 4.23. The maximum absolute atomic E-state index is 13.6. The molecule has 2 aromatic carbocycles. The van der Waals surface area contributed by atoms with E-state index in [0.717, 1.165) is 18.4 Å². The summed E-state index contributed by atoms with van der Waals surface area (Å²) in [6, 6.07) is 14.1. The lowest BCUT2D eigenvalue weighted by Crippen LogP contribution is -2.18. The fourth-order valence-corrected chi connectivity index (χ4v) is 2.51. The second-order valence-corrected chi connectivity index (χ2v) is 4.90. The molecule has 1 N–H and O–H groups in total. The molecule has 1 heterocycles. The van der Waals surface area contributed by atoms with E-state index < -0.39 is 0 Å². The summed E-state index contributed by atoms with van der Waals surface area (Å²) in [5.41, 5.74) is 4.26. The van der Waals surface area contributed by atoms with E-state index in [0.29, 0.717) is 5.56 Å². The zero-order valence-electron chi connectivity index (χ0n) is 10.4. The van der Waals surface area contributed by atoms with Crippen LogP contribution >= 0.6 is 0 Å². The van der Waals surface area contributed by atoms with Crippen LogP contribution in [0, 0.1) is 12.7 Å². The first-order valence-electron chi connectivity index (χ1n) is 6.34. The first kappa shape index (κ1) is 11.3. The van der Waals surface area contributed by atoms with Crippen molar-refractivity contribution in [1.29, 1.82) is 0 Å². The molecule has 2 heteroatoms. The number of rotatable bonds is 1. The first-order chi connectivity index (χ1) is 8.74. The zero-order chi connectivity index (χ0) is 12.5. The molecule has 1 atom stereocenters. The molecule has 0 bridgehead atoms. The predicted molar refractivity (Wildman–Crippen MR) is 72.3 cm³/mol. The summed E-state index contributed by atoms with van der Waals surface area (Å²) in [5, 5.41) is 3.49. The lowest BCUT2D eigenvalue weighted by molar-refractivity contribution is 0.606. The molecular weight excluding hydrogens is 225 g/mol. The van der Waals surface area contributed by atoms with E-state index >= 15 is 0 Å². The molecule has 0 spiro atoms. The highest BCUT2D eigenvalue weighted by molar-refractivity contribution is 5.54. The van der Waals surface area contributed by atoms with Gasteiger partial charge in [-0.05, 0) is 48.6 Å². The SMILES string of the molecule is Cc1ccc(C2CCc3ccccc3N2)cc1F. The van der Waals surface area contributed by atoms with Gasteiger partial charge in [-0.25, -0.2) is 4.39 Å². The van der Waals surface area contributed by atoms with E-state index in [2.05, 4.69) is 23.5 Å². The molecule has 0 aromatic heterocycles. The third kappa shape index (κ3) is 1.99. The summed E-state index contributed by atoms with van der Waals surface area (Å²) < 4.78 is 13.6. The van der Waals surface area contributed by atoms with Crippen molar-refractivity contribution in [1.82, 2.24) is 0 Å². The molecule has 1 nitrogen and oxygen atoms in total. The van der Waals surface area contributed by atoms with Crippen molar-refractivity contribution in [2.45, 2.75) is 25.8 Å². The molecule has 92 valence electrons. The van der Waals surface area contributed by atoms with Gasteiger partial charge < -0.3 is 5.32 Å². The number of aryl methyl sites for hydroxylation is 2. The van der Waals surface area contributed by atoms with Crippen LogP contribution in [0.1, 0.15) is 29.2 Å². The van der Waals surface area contributed by atoms with Gasteiger partial charge in [0.05, 0.1) is 6.04 Å². The fraction of sp³-hybridized carbons (Fsp3) is 0.250. The molecule has 1 aliphatic rings. The van der Waals surface area contributed by atoms with Gasteiger partial charge in [-0.15, -0.1) is 0 Å². The summed E-state index contributed by atoms with van der Waals surface area (Å²) in [5.74, 6) is -0.117. The third-order valence-electron chi connectivity index (χ3n) is 3.65. The first-order valence-corrected chi connectivity index (χ1v) is 6.34. The molecule has 0 radical (unpaired) electrons. The van der Waals surface area contributed by atoms with Crippen molar-refractivity contribution in [3.63, 3.8) is 0 Å². The van der Waals surface area contributed by atoms with Gasteiger partial charge in [0.25, 0.3) is 0 Å². The third-order valence-corrected chi connectivity index (χ3v) is 3.65. The van der Waals surface area contributed by atoms with Gasteiger partial charge >= 0.3 is 0 Å². The Labute approximate surface area is 107 Å². The normalized spacial score (nSPS) is 18.0. The van der Waals surface area contributed by atoms with Crippen LogP contribution in [0.25, 0.3) is 0 Å². The van der Waals surface area contributed by atoms with Crippen LogP contribution in [0.4, 0.5) is 10.1 Å². The second-order valence-electron chi connectivity index (χ2n) is 4.90. The minimum Gasteiger partial charge on any atom is -0.378 e. The second kappa shape index (κ2) is 4.45. The van der Waals surface area contributed by atoms with E-state index in [1.165, 1.54) is 11.3 Å². The van der Waals surface area contributed by atoms with Gasteiger partial charge in [0.2, 0.25) is 0 Å². The molecule has 0 saturated carbocycles. The minimum absolute atomic E-state index is 0.117. The van der Waals surface area contributed by atoms with Crippen LogP contribution < -0.4 is 5.32 Å². The average Bonchev–Trinajstić information content (AvgIpc) is 2.41. The quantitative estimate of drug-likeness (QED) is 0.787. The van der Waals surface area contributed by atoms with Crippen LogP contribution in [0.3, 0.4) is 0 Å². The number of halogens is 1. The Morgan fingerprint density at radius 3 is 2.83 bits per heavy atom. The molecule has 2 aromatic rings. The Hall–Kier alpha value is -1.83. The Morgan fingerprint density at radius 2 is 2.00 bits per heavy atom. The van der Waals surface area contributed by atoms with Crippen LogP contribution in [0.15, 0.2) is 42.5 Å². The van der Waals surface area contributed by atoms with Crippen LogP contribution in [-0.2, 0) is 6.42 Å². The van der Waals surface area contributed by atoms with Crippen molar-refractivity contribution in [3.8, 4) is 0 Å². The number of hydrogen-bond donors (Lipinski definition) is 1. The Morgan fingerprint density at radius 1 is 1.17 bits per heavy atom. The molecule has 0 saturated heterocycles. The molecular formula is C16H16FN. The largest absolute Gasteiger partial charge is 0.378 e. The lowest BCUT2D eigenvalue weighted by atomic mass is 9.93. The van der Waals surface area contributed by atoms with Crippen molar-refractivity contribution in [3.05, 3.63) is 65.0 Å². The van der Waals surface area contributed by atoms with Gasteiger partial charge in [0.1, 0.15) is 5.82 Å². The minimum atomic E-state index is -0.117. The maximum Gasteiger partial charge on any atom is 0.126 e. The van der Waals surface area contributed by atoms with Gasteiger partial charge in [-0.2, -0.15) is 0 Å². The molecule has 1 aliphatic heterocycles. The molecule has 0 aliphatic carbocycles. The number of nitrogens with one attached hydrogen (secondary N) is 1. The summed E-state index contributed by atoms with van der Waals surface area (Å²) in [6.45, 7) is 1.79. The Balaban J connectivity index is 1.89. The van der Waals surface area contributed by atoms with E-state index in [-0.39, 0.29) is 11.9 Å². The lowest BCUT2D eigenvalue weighted by Gasteiger charge is -2.27. The van der Waals surface area contributed by atoms with Crippen LogP contribution in [-0.4, -0.2) is 0 Å². The smallest absolute Gasteiger partial charge is 0.126 e. The van der Waals surface area contributed by atoms with E-state index in [4.69, 9.17) is 0 Å². The monoisotopic (exact) mass is 241 g/mol. The zero-order valence-corrected chi connectivity index (χ0v) is 10.4. The highest BCUT2D eigenvalue weighted by Gasteiger charge is 2.19. The fourth-order valence-electron chi connectivity index (χ4n) is 2.51. The highest BCUT2D eigenvalue weighted by atomic mass is 19.1. The topological polar surface area (TPSA) is 12.0 Å². The van der Waals surface area contributed by atoms with E-state index in [1.807, 2.05) is 18.2 Å². The van der Waals surface area contributed by atoms with Gasteiger partial charge in [-0.1, -0.05) is 30.3 Å². The van der Waals surface area contributed by atoms with Crippen molar-refractivity contribution in [2.24, 2.45) is 0 Å². The molecule has 1 unspecified atom stereocenters. The molecule has 0 amide bonds. The standard InChI is InChI=1S/C16H16FN/c1-11-6-7-13(10-14(11)17)16-9-8-12-4-2-3-5-15(12)18-16/h2-7,10,16,18H,8-9H2,1H3. The Kier molecular flexibility index (Phi) is 2.78. The van der Waals surface area contributed by atoms with Gasteiger partial charge in [0, 0.05) is 5.69 Å². The molecule has 0 fully saturated rings. The summed E-state index contributed by atoms with van der Waals surface area (Å²) in [4.78, 5) is 0. The molecule has 3 rings (SSSR count). The van der Waals surface area contributed by atoms with Crippen LogP contribution in [0.5, 0.6) is 0 Å². The van der Waals surface area contributed by atoms with Gasteiger partial charge in [0.15, 0.2) is 0 Å². The number of fused-ring (bicyclic) bond motifs is 1. The molecule has 18 heavy (non-hydrogen) atoms. The number of hydrogen-bond acceptors (Lipinski definition) is 1. The van der Waals surface area contributed by atoms with E-state index in [1.54, 1.807) is 13.0 Å². The van der Waals surface area contributed by atoms with E-state index in [9.17, 15) is 4.39 Å². The summed E-state index contributed by atoms with van der Waals surface area (Å²) in [6.07, 6.45) is 2.06. The average molecular weight is 241 g/mol. The van der Waals surface area contributed by atoms with Crippen molar-refractivity contribution in [2.75, 3.05) is 5.32 Å². The number of anilines is 1. The van der Waals surface area contributed by atoms with Crippen molar-refractivity contribution >= 4 is 5.69 Å². The van der Waals surface area contributed by atoms with Crippen molar-refractivity contribution < 1.29 is 4.39 Å². The summed E-state index contributed by atoms with van der Waals surface area (Å²) in [7, 11) is 0. The maximum atomic E-state index is 13.6. The van der Waals surface area contributed by atoms with Gasteiger partial charge in [-0.3, -0.25) is 0 Å². The summed E-state index contributed by atoms with van der Waals surface area (Å²) >= 11 is 0. The van der Waals surface area contributed by atoms with Crippen LogP contribution in [0.2, 0.25) is 0 Å². The number of para-hydroxylation sites is 1. The highest BCUT2D eigenvalue weighted by Crippen LogP contribution is 2.32. The Bertz CT molecular complexity index is 577.